The number of amides is 1. The van der Waals surface area contributed by atoms with Crippen LogP contribution in [0.15, 0.2) is 24.3 Å². The van der Waals surface area contributed by atoms with Gasteiger partial charge in [0.2, 0.25) is 5.91 Å². The number of halogens is 1. The van der Waals surface area contributed by atoms with Crippen LogP contribution in [0.2, 0.25) is 5.02 Å². The van der Waals surface area contributed by atoms with E-state index in [2.05, 4.69) is 12.2 Å². The summed E-state index contributed by atoms with van der Waals surface area (Å²) < 4.78 is 0. The van der Waals surface area contributed by atoms with Gasteiger partial charge in [0, 0.05) is 11.6 Å². The third kappa shape index (κ3) is 3.58. The normalized spacial score (nSPS) is 27.1. The van der Waals surface area contributed by atoms with E-state index in [9.17, 15) is 4.79 Å². The topological polar surface area (TPSA) is 55.1 Å². The summed E-state index contributed by atoms with van der Waals surface area (Å²) in [5.74, 6) is 0.766. The Morgan fingerprint density at radius 1 is 1.43 bits per heavy atom. The van der Waals surface area contributed by atoms with Gasteiger partial charge in [-0.3, -0.25) is 4.79 Å². The van der Waals surface area contributed by atoms with Crippen molar-refractivity contribution in [2.75, 3.05) is 6.54 Å². The molecule has 1 saturated carbocycles. The molecule has 0 radical (unpaired) electrons. The van der Waals surface area contributed by atoms with E-state index in [-0.39, 0.29) is 11.9 Å². The van der Waals surface area contributed by atoms with Gasteiger partial charge in [0.25, 0.3) is 0 Å². The van der Waals surface area contributed by atoms with Crippen LogP contribution in [0.1, 0.15) is 51.1 Å². The fourth-order valence-electron chi connectivity index (χ4n) is 3.09. The number of hydrogen-bond acceptors (Lipinski definition) is 2. The second-order valence-corrected chi connectivity index (χ2v) is 6.79. The fraction of sp³-hybridized carbons (Fsp3) is 0.588. The van der Waals surface area contributed by atoms with E-state index in [4.69, 9.17) is 17.3 Å². The summed E-state index contributed by atoms with van der Waals surface area (Å²) in [6.45, 7) is 4.63. The molecule has 1 aliphatic rings. The molecule has 1 aliphatic carbocycles. The van der Waals surface area contributed by atoms with E-state index in [1.165, 1.54) is 0 Å². The highest BCUT2D eigenvalue weighted by molar-refractivity contribution is 6.31. The van der Waals surface area contributed by atoms with Crippen molar-refractivity contribution < 1.29 is 4.79 Å². The zero-order valence-corrected chi connectivity index (χ0v) is 13.6. The first-order chi connectivity index (χ1) is 9.98. The van der Waals surface area contributed by atoms with Crippen LogP contribution in [0.5, 0.6) is 0 Å². The number of benzene rings is 1. The lowest BCUT2D eigenvalue weighted by Gasteiger charge is -2.38. The van der Waals surface area contributed by atoms with Gasteiger partial charge in [-0.1, -0.05) is 36.7 Å². The summed E-state index contributed by atoms with van der Waals surface area (Å²) in [7, 11) is 0. The van der Waals surface area contributed by atoms with E-state index in [1.807, 2.05) is 31.2 Å². The molecule has 0 bridgehead atoms. The van der Waals surface area contributed by atoms with Crippen molar-refractivity contribution in [3.63, 3.8) is 0 Å². The number of nitrogens with two attached hydrogens (primary N) is 1. The highest BCUT2D eigenvalue weighted by Crippen LogP contribution is 2.39. The number of hydrogen-bond donors (Lipinski definition) is 2. The maximum atomic E-state index is 12.7. The minimum atomic E-state index is -0.401. The Bertz CT molecular complexity index is 495. The summed E-state index contributed by atoms with van der Waals surface area (Å²) >= 11 is 6.20. The Morgan fingerprint density at radius 2 is 2.05 bits per heavy atom. The van der Waals surface area contributed by atoms with Gasteiger partial charge in [-0.2, -0.15) is 0 Å². The van der Waals surface area contributed by atoms with E-state index in [1.54, 1.807) is 0 Å². The average molecular weight is 309 g/mol. The molecule has 1 fully saturated rings. The van der Waals surface area contributed by atoms with Crippen LogP contribution in [0.25, 0.3) is 0 Å². The van der Waals surface area contributed by atoms with Gasteiger partial charge in [-0.15, -0.1) is 0 Å². The molecule has 4 heteroatoms. The molecule has 21 heavy (non-hydrogen) atoms. The van der Waals surface area contributed by atoms with Crippen LogP contribution < -0.4 is 11.1 Å². The Kier molecular flexibility index (Phi) is 5.28. The number of carbonyl (C=O) groups is 1. The molecule has 1 aromatic carbocycles. The molecule has 2 rings (SSSR count). The largest absolute Gasteiger partial charge is 0.349 e. The van der Waals surface area contributed by atoms with E-state index >= 15 is 0 Å². The number of rotatable bonds is 4. The van der Waals surface area contributed by atoms with Crippen molar-refractivity contribution in [2.24, 2.45) is 17.1 Å². The highest BCUT2D eigenvalue weighted by atomic mass is 35.5. The predicted molar refractivity (Wildman–Crippen MR) is 87.1 cm³/mol. The average Bonchev–Trinajstić information content (AvgIpc) is 2.48. The van der Waals surface area contributed by atoms with Crippen LogP contribution in [0.4, 0.5) is 0 Å². The monoisotopic (exact) mass is 308 g/mol. The van der Waals surface area contributed by atoms with Crippen molar-refractivity contribution >= 4 is 17.5 Å². The first-order valence-corrected chi connectivity index (χ1v) is 8.12. The molecule has 0 saturated heterocycles. The molecule has 0 aromatic heterocycles. The first kappa shape index (κ1) is 16.3. The van der Waals surface area contributed by atoms with Gasteiger partial charge >= 0.3 is 0 Å². The van der Waals surface area contributed by atoms with Gasteiger partial charge in [0.05, 0.1) is 11.5 Å². The lowest BCUT2D eigenvalue weighted by Crippen LogP contribution is -2.48. The van der Waals surface area contributed by atoms with Gasteiger partial charge in [-0.05, 0) is 50.2 Å². The quantitative estimate of drug-likeness (QED) is 0.891. The second-order valence-electron chi connectivity index (χ2n) is 6.38. The molecular formula is C17H25ClN2O. The van der Waals surface area contributed by atoms with Crippen LogP contribution in [0, 0.1) is 11.3 Å². The van der Waals surface area contributed by atoms with Crippen LogP contribution in [0.3, 0.4) is 0 Å². The number of nitrogens with one attached hydrogen (secondary N) is 1. The molecule has 3 N–H and O–H groups in total. The van der Waals surface area contributed by atoms with Crippen LogP contribution >= 0.6 is 11.6 Å². The van der Waals surface area contributed by atoms with Crippen LogP contribution in [-0.2, 0) is 4.79 Å². The molecule has 1 amide bonds. The summed E-state index contributed by atoms with van der Waals surface area (Å²) in [5, 5.41) is 3.79. The maximum absolute atomic E-state index is 12.7. The van der Waals surface area contributed by atoms with Crippen molar-refractivity contribution in [2.45, 2.75) is 45.6 Å². The molecular weight excluding hydrogens is 284 g/mol. The Labute approximate surface area is 132 Å². The lowest BCUT2D eigenvalue weighted by atomic mass is 9.70. The summed E-state index contributed by atoms with van der Waals surface area (Å²) in [4.78, 5) is 12.7. The lowest BCUT2D eigenvalue weighted by molar-refractivity contribution is -0.133. The molecule has 0 aliphatic heterocycles. The molecule has 1 atom stereocenters. The van der Waals surface area contributed by atoms with E-state index < -0.39 is 5.41 Å². The Balaban J connectivity index is 2.08. The van der Waals surface area contributed by atoms with Gasteiger partial charge in [-0.25, -0.2) is 0 Å². The SMILES string of the molecule is CC1CCC(CN)(C(=O)NC(C)c2ccccc2Cl)CC1. The molecule has 1 unspecified atom stereocenters. The number of carbonyl (C=O) groups excluding carboxylic acids is 1. The zero-order valence-electron chi connectivity index (χ0n) is 12.9. The Hall–Kier alpha value is -1.06. The first-order valence-electron chi connectivity index (χ1n) is 7.74. The molecule has 0 heterocycles. The third-order valence-corrected chi connectivity index (χ3v) is 5.17. The maximum Gasteiger partial charge on any atom is 0.227 e. The summed E-state index contributed by atoms with van der Waals surface area (Å²) in [6, 6.07) is 7.52. The minimum Gasteiger partial charge on any atom is -0.349 e. The highest BCUT2D eigenvalue weighted by Gasteiger charge is 2.40. The fourth-order valence-corrected chi connectivity index (χ4v) is 3.39. The predicted octanol–water partition coefficient (Wildman–Crippen LogP) is 3.67. The molecule has 0 spiro atoms. The minimum absolute atomic E-state index is 0.0734. The summed E-state index contributed by atoms with van der Waals surface area (Å²) in [5.41, 5.74) is 6.49. The van der Waals surface area contributed by atoms with Crippen molar-refractivity contribution in [3.05, 3.63) is 34.9 Å². The van der Waals surface area contributed by atoms with E-state index in [0.717, 1.165) is 31.2 Å². The Morgan fingerprint density at radius 3 is 2.62 bits per heavy atom. The smallest absolute Gasteiger partial charge is 0.227 e. The third-order valence-electron chi connectivity index (χ3n) is 4.82. The van der Waals surface area contributed by atoms with Gasteiger partial charge < -0.3 is 11.1 Å². The summed E-state index contributed by atoms with van der Waals surface area (Å²) in [6.07, 6.45) is 3.91. The van der Waals surface area contributed by atoms with Gasteiger partial charge in [0.15, 0.2) is 0 Å². The molecule has 116 valence electrons. The standard InChI is InChI=1S/C17H25ClN2O/c1-12-7-9-17(11-19,10-8-12)16(21)20-13(2)14-5-3-4-6-15(14)18/h3-6,12-13H,7-11,19H2,1-2H3,(H,20,21). The van der Waals surface area contributed by atoms with Gasteiger partial charge in [0.1, 0.15) is 0 Å². The van der Waals surface area contributed by atoms with E-state index in [0.29, 0.717) is 17.5 Å². The molecule has 1 aromatic rings. The van der Waals surface area contributed by atoms with Crippen LogP contribution in [-0.4, -0.2) is 12.5 Å². The van der Waals surface area contributed by atoms with Crippen molar-refractivity contribution in [1.82, 2.24) is 5.32 Å². The molecule has 3 nitrogen and oxygen atoms in total. The zero-order chi connectivity index (χ0) is 15.5. The van der Waals surface area contributed by atoms with Crippen molar-refractivity contribution in [3.8, 4) is 0 Å². The second kappa shape index (κ2) is 6.80. The van der Waals surface area contributed by atoms with Crippen molar-refractivity contribution in [1.29, 1.82) is 0 Å².